The monoisotopic (exact) mass is 428 g/mol. The minimum atomic E-state index is -1.29. The summed E-state index contributed by atoms with van der Waals surface area (Å²) in [4.78, 5) is 50.8. The average molecular weight is 429 g/mol. The minimum absolute atomic E-state index is 0.176. The second-order valence-electron chi connectivity index (χ2n) is 8.72. The molecule has 1 fully saturated rings. The molecule has 0 aromatic heterocycles. The summed E-state index contributed by atoms with van der Waals surface area (Å²) in [6.45, 7) is 8.93. The Morgan fingerprint density at radius 1 is 1.03 bits per heavy atom. The summed E-state index contributed by atoms with van der Waals surface area (Å²) in [5, 5.41) is 24.4. The Morgan fingerprint density at radius 3 is 2.07 bits per heavy atom. The van der Waals surface area contributed by atoms with Gasteiger partial charge in [0.1, 0.15) is 18.1 Å². The number of nitrogens with one attached hydrogen (secondary N) is 2. The van der Waals surface area contributed by atoms with Crippen LogP contribution in [0.15, 0.2) is 0 Å². The van der Waals surface area contributed by atoms with E-state index in [1.54, 1.807) is 13.8 Å². The third-order valence-electron chi connectivity index (χ3n) is 5.18. The highest BCUT2D eigenvalue weighted by Gasteiger charge is 2.39. The standard InChI is InChI=1S/C20H36N4O6/c1-10(2)9-13(21)17(26)23-16(12(5)25)18(27)22-15(11(3)4)19(28)24-8-6-7-14(24)20(29)30/h10-16,25H,6-9,21H2,1-5H3,(H,22,27)(H,23,26)(H,29,30). The molecule has 1 aliphatic rings. The molecule has 10 heteroatoms. The number of rotatable bonds is 10. The number of aliphatic hydroxyl groups is 1. The molecular formula is C20H36N4O6. The van der Waals surface area contributed by atoms with E-state index in [1.165, 1.54) is 11.8 Å². The van der Waals surface area contributed by atoms with Gasteiger partial charge >= 0.3 is 5.97 Å². The molecule has 1 aliphatic heterocycles. The van der Waals surface area contributed by atoms with Crippen LogP contribution in [0, 0.1) is 11.8 Å². The predicted octanol–water partition coefficient (Wildman–Crippen LogP) is -0.558. The van der Waals surface area contributed by atoms with E-state index < -0.39 is 54.0 Å². The molecular weight excluding hydrogens is 392 g/mol. The molecule has 6 N–H and O–H groups in total. The summed E-state index contributed by atoms with van der Waals surface area (Å²) in [6.07, 6.45) is 0.127. The zero-order chi connectivity index (χ0) is 23.2. The van der Waals surface area contributed by atoms with E-state index in [1.807, 2.05) is 13.8 Å². The number of hydrogen-bond donors (Lipinski definition) is 5. The number of amides is 3. The molecule has 5 unspecified atom stereocenters. The number of likely N-dealkylation sites (tertiary alicyclic amines) is 1. The molecule has 0 aromatic rings. The van der Waals surface area contributed by atoms with Crippen molar-refractivity contribution in [3.05, 3.63) is 0 Å². The van der Waals surface area contributed by atoms with Gasteiger partial charge < -0.3 is 31.5 Å². The van der Waals surface area contributed by atoms with Gasteiger partial charge in [-0.2, -0.15) is 0 Å². The Hall–Kier alpha value is -2.20. The van der Waals surface area contributed by atoms with Crippen LogP contribution in [0.4, 0.5) is 0 Å². The Kier molecular flexibility index (Phi) is 9.70. The third kappa shape index (κ3) is 6.94. The first kappa shape index (κ1) is 25.8. The molecule has 0 radical (unpaired) electrons. The molecule has 3 amide bonds. The van der Waals surface area contributed by atoms with E-state index in [0.717, 1.165) is 0 Å². The van der Waals surface area contributed by atoms with Crippen molar-refractivity contribution in [2.24, 2.45) is 17.6 Å². The number of aliphatic carboxylic acids is 1. The average Bonchev–Trinajstić information content (AvgIpc) is 3.12. The Bertz CT molecular complexity index is 637. The normalized spacial score (nSPS) is 20.6. The lowest BCUT2D eigenvalue weighted by atomic mass is 10.0. The Balaban J connectivity index is 2.92. The SMILES string of the molecule is CC(C)CC(N)C(=O)NC(C(=O)NC(C(=O)N1CCCC1C(=O)O)C(C)C)C(C)O. The lowest BCUT2D eigenvalue weighted by Crippen LogP contribution is -2.60. The van der Waals surface area contributed by atoms with Gasteiger partial charge in [-0.05, 0) is 38.0 Å². The summed E-state index contributed by atoms with van der Waals surface area (Å²) < 4.78 is 0. The maximum absolute atomic E-state index is 13.0. The largest absolute Gasteiger partial charge is 0.480 e. The summed E-state index contributed by atoms with van der Waals surface area (Å²) >= 11 is 0. The zero-order valence-corrected chi connectivity index (χ0v) is 18.4. The van der Waals surface area contributed by atoms with Gasteiger partial charge in [0.05, 0.1) is 12.1 Å². The number of carboxylic acids is 1. The van der Waals surface area contributed by atoms with Crippen molar-refractivity contribution in [1.29, 1.82) is 0 Å². The van der Waals surface area contributed by atoms with Crippen molar-refractivity contribution in [2.45, 2.75) is 84.2 Å². The van der Waals surface area contributed by atoms with Gasteiger partial charge in [0.25, 0.3) is 0 Å². The number of nitrogens with two attached hydrogens (primary N) is 1. The first-order valence-electron chi connectivity index (χ1n) is 10.4. The summed E-state index contributed by atoms with van der Waals surface area (Å²) in [5.74, 6) is -3.02. The van der Waals surface area contributed by atoms with Crippen LogP contribution in [0.1, 0.15) is 53.9 Å². The summed E-state index contributed by atoms with van der Waals surface area (Å²) in [6, 6.07) is -4.03. The highest BCUT2D eigenvalue weighted by molar-refractivity contribution is 5.94. The molecule has 5 atom stereocenters. The fraction of sp³-hybridized carbons (Fsp3) is 0.800. The van der Waals surface area contributed by atoms with E-state index >= 15 is 0 Å². The fourth-order valence-corrected chi connectivity index (χ4v) is 3.50. The molecule has 0 aliphatic carbocycles. The van der Waals surface area contributed by atoms with E-state index in [9.17, 15) is 29.4 Å². The smallest absolute Gasteiger partial charge is 0.326 e. The topological polar surface area (TPSA) is 162 Å². The van der Waals surface area contributed by atoms with E-state index in [0.29, 0.717) is 25.8 Å². The number of aliphatic hydroxyl groups excluding tert-OH is 1. The van der Waals surface area contributed by atoms with Crippen LogP contribution in [-0.2, 0) is 19.2 Å². The van der Waals surface area contributed by atoms with Crippen LogP contribution in [0.3, 0.4) is 0 Å². The van der Waals surface area contributed by atoms with Gasteiger partial charge in [0.15, 0.2) is 0 Å². The quantitative estimate of drug-likeness (QED) is 0.311. The number of carboxylic acid groups (broad SMARTS) is 1. The minimum Gasteiger partial charge on any atom is -0.480 e. The van der Waals surface area contributed by atoms with Crippen LogP contribution in [-0.4, -0.2) is 75.6 Å². The number of hydrogen-bond acceptors (Lipinski definition) is 6. The molecule has 0 aromatic carbocycles. The van der Waals surface area contributed by atoms with Gasteiger partial charge in [0, 0.05) is 6.54 Å². The molecule has 0 bridgehead atoms. The first-order valence-corrected chi connectivity index (χ1v) is 10.4. The van der Waals surface area contributed by atoms with Crippen LogP contribution in [0.2, 0.25) is 0 Å². The van der Waals surface area contributed by atoms with Gasteiger partial charge in [-0.3, -0.25) is 14.4 Å². The third-order valence-corrected chi connectivity index (χ3v) is 5.18. The van der Waals surface area contributed by atoms with Crippen molar-refractivity contribution in [3.63, 3.8) is 0 Å². The van der Waals surface area contributed by atoms with E-state index in [-0.39, 0.29) is 11.8 Å². The molecule has 1 heterocycles. The molecule has 1 saturated heterocycles. The number of carbonyl (C=O) groups is 4. The number of carbonyl (C=O) groups excluding carboxylic acids is 3. The molecule has 10 nitrogen and oxygen atoms in total. The number of nitrogens with zero attached hydrogens (tertiary/aromatic N) is 1. The fourth-order valence-electron chi connectivity index (χ4n) is 3.50. The highest BCUT2D eigenvalue weighted by Crippen LogP contribution is 2.20. The van der Waals surface area contributed by atoms with Gasteiger partial charge in [0.2, 0.25) is 17.7 Å². The van der Waals surface area contributed by atoms with Crippen molar-refractivity contribution in [1.82, 2.24) is 15.5 Å². The lowest BCUT2D eigenvalue weighted by Gasteiger charge is -2.31. The summed E-state index contributed by atoms with van der Waals surface area (Å²) in [7, 11) is 0. The maximum atomic E-state index is 13.0. The predicted molar refractivity (Wildman–Crippen MR) is 110 cm³/mol. The summed E-state index contributed by atoms with van der Waals surface area (Å²) in [5.41, 5.74) is 5.85. The molecule has 30 heavy (non-hydrogen) atoms. The van der Waals surface area contributed by atoms with Crippen molar-refractivity contribution in [2.75, 3.05) is 6.54 Å². The first-order chi connectivity index (χ1) is 13.9. The molecule has 0 saturated carbocycles. The van der Waals surface area contributed by atoms with Crippen molar-refractivity contribution >= 4 is 23.7 Å². The van der Waals surface area contributed by atoms with Crippen LogP contribution < -0.4 is 16.4 Å². The Labute approximate surface area is 177 Å². The maximum Gasteiger partial charge on any atom is 0.326 e. The van der Waals surface area contributed by atoms with E-state index in [2.05, 4.69) is 10.6 Å². The molecule has 172 valence electrons. The second-order valence-corrected chi connectivity index (χ2v) is 8.72. The second kappa shape index (κ2) is 11.3. The molecule has 0 spiro atoms. The molecule has 1 rings (SSSR count). The van der Waals surface area contributed by atoms with Gasteiger partial charge in [-0.1, -0.05) is 27.7 Å². The van der Waals surface area contributed by atoms with Gasteiger partial charge in [-0.25, -0.2) is 4.79 Å². The van der Waals surface area contributed by atoms with Crippen molar-refractivity contribution in [3.8, 4) is 0 Å². The van der Waals surface area contributed by atoms with E-state index in [4.69, 9.17) is 5.73 Å². The zero-order valence-electron chi connectivity index (χ0n) is 18.4. The van der Waals surface area contributed by atoms with Crippen LogP contribution in [0.5, 0.6) is 0 Å². The lowest BCUT2D eigenvalue weighted by molar-refractivity contribution is -0.150. The van der Waals surface area contributed by atoms with Crippen LogP contribution in [0.25, 0.3) is 0 Å². The van der Waals surface area contributed by atoms with Crippen LogP contribution >= 0.6 is 0 Å². The van der Waals surface area contributed by atoms with Crippen molar-refractivity contribution < 1.29 is 29.4 Å². The van der Waals surface area contributed by atoms with Gasteiger partial charge in [-0.15, -0.1) is 0 Å². The highest BCUT2D eigenvalue weighted by atomic mass is 16.4. The Morgan fingerprint density at radius 2 is 1.60 bits per heavy atom.